The average molecular weight is 313 g/mol. The Hall–Kier alpha value is 0.390. The Bertz CT molecular complexity index is 273. The highest BCUT2D eigenvalue weighted by Gasteiger charge is 2.03. The molecule has 1 aromatic heterocycles. The quantitative estimate of drug-likeness (QED) is 0.780. The van der Waals surface area contributed by atoms with Crippen LogP contribution in [0.15, 0.2) is 9.85 Å². The molecule has 1 aromatic rings. The molecule has 0 aliphatic carbocycles. The fraction of sp³-hybridized carbons (Fsp3) is 0.600. The van der Waals surface area contributed by atoms with Crippen LogP contribution < -0.4 is 5.32 Å². The minimum Gasteiger partial charge on any atom is -0.380 e. The molecule has 0 saturated heterocycles. The summed E-state index contributed by atoms with van der Waals surface area (Å²) in [6.45, 7) is 5.54. The van der Waals surface area contributed by atoms with Crippen LogP contribution in [0.2, 0.25) is 5.02 Å². The molecule has 2 nitrogen and oxygen atoms in total. The van der Waals surface area contributed by atoms with E-state index in [1.807, 2.05) is 6.07 Å². The maximum absolute atomic E-state index is 5.92. The third-order valence-corrected chi connectivity index (χ3v) is 4.40. The lowest BCUT2D eigenvalue weighted by atomic mass is 10.4. The third kappa shape index (κ3) is 5.31. The molecule has 0 unspecified atom stereocenters. The van der Waals surface area contributed by atoms with Gasteiger partial charge < -0.3 is 10.1 Å². The first kappa shape index (κ1) is 13.5. The number of hydrogen-bond donors (Lipinski definition) is 1. The lowest BCUT2D eigenvalue weighted by molar-refractivity contribution is 0.140. The monoisotopic (exact) mass is 311 g/mol. The van der Waals surface area contributed by atoms with Gasteiger partial charge in [0.1, 0.15) is 0 Å². The zero-order chi connectivity index (χ0) is 11.1. The standard InChI is InChI=1S/C10H15BrClNOS/c1-2-13-4-6-14-5-3-8-7-9(12)10(11)15-8/h7,13H,2-6H2,1H3. The Morgan fingerprint density at radius 1 is 1.53 bits per heavy atom. The molecule has 15 heavy (non-hydrogen) atoms. The summed E-state index contributed by atoms with van der Waals surface area (Å²) < 4.78 is 6.48. The van der Waals surface area contributed by atoms with Gasteiger partial charge in [-0.3, -0.25) is 0 Å². The zero-order valence-corrected chi connectivity index (χ0v) is 11.8. The van der Waals surface area contributed by atoms with Gasteiger partial charge in [-0.25, -0.2) is 0 Å². The molecule has 0 bridgehead atoms. The molecule has 1 heterocycles. The molecule has 0 radical (unpaired) electrons. The summed E-state index contributed by atoms with van der Waals surface area (Å²) in [4.78, 5) is 1.26. The second kappa shape index (κ2) is 7.63. The second-order valence-corrected chi connectivity index (χ2v) is 5.91. The van der Waals surface area contributed by atoms with E-state index in [0.717, 1.165) is 41.5 Å². The molecule has 5 heteroatoms. The van der Waals surface area contributed by atoms with Crippen molar-refractivity contribution < 1.29 is 4.74 Å². The van der Waals surface area contributed by atoms with Crippen molar-refractivity contribution in [1.29, 1.82) is 0 Å². The van der Waals surface area contributed by atoms with Crippen molar-refractivity contribution >= 4 is 38.9 Å². The van der Waals surface area contributed by atoms with Crippen LogP contribution >= 0.6 is 38.9 Å². The van der Waals surface area contributed by atoms with E-state index in [2.05, 4.69) is 28.2 Å². The predicted molar refractivity (Wildman–Crippen MR) is 70.1 cm³/mol. The van der Waals surface area contributed by atoms with E-state index in [9.17, 15) is 0 Å². The molecule has 0 atom stereocenters. The van der Waals surface area contributed by atoms with Crippen LogP contribution in [-0.4, -0.2) is 26.3 Å². The van der Waals surface area contributed by atoms with Gasteiger partial charge in [0.15, 0.2) is 0 Å². The molecular formula is C10H15BrClNOS. The molecule has 0 fully saturated rings. The van der Waals surface area contributed by atoms with Gasteiger partial charge in [0.2, 0.25) is 0 Å². The molecule has 0 aliphatic heterocycles. The van der Waals surface area contributed by atoms with E-state index in [-0.39, 0.29) is 0 Å². The first-order valence-corrected chi connectivity index (χ1v) is 6.95. The molecule has 0 amide bonds. The Kier molecular flexibility index (Phi) is 6.84. The van der Waals surface area contributed by atoms with Crippen molar-refractivity contribution in [2.24, 2.45) is 0 Å². The molecular weight excluding hydrogens is 298 g/mol. The van der Waals surface area contributed by atoms with Gasteiger partial charge >= 0.3 is 0 Å². The minimum absolute atomic E-state index is 0.759. The largest absolute Gasteiger partial charge is 0.380 e. The highest BCUT2D eigenvalue weighted by atomic mass is 79.9. The van der Waals surface area contributed by atoms with Gasteiger partial charge in [0, 0.05) is 17.8 Å². The number of hydrogen-bond acceptors (Lipinski definition) is 3. The minimum atomic E-state index is 0.759. The highest BCUT2D eigenvalue weighted by Crippen LogP contribution is 2.32. The smallest absolute Gasteiger partial charge is 0.0887 e. The first-order valence-electron chi connectivity index (χ1n) is 4.96. The lowest BCUT2D eigenvalue weighted by Gasteiger charge is -2.03. The summed E-state index contributed by atoms with van der Waals surface area (Å²) in [5, 5.41) is 4.00. The molecule has 0 aliphatic rings. The average Bonchev–Trinajstić information content (AvgIpc) is 2.52. The van der Waals surface area contributed by atoms with Crippen LogP contribution in [-0.2, 0) is 11.2 Å². The normalized spacial score (nSPS) is 10.9. The van der Waals surface area contributed by atoms with Crippen LogP contribution in [0.3, 0.4) is 0 Å². The van der Waals surface area contributed by atoms with Gasteiger partial charge in [-0.05, 0) is 28.5 Å². The first-order chi connectivity index (χ1) is 7.24. The van der Waals surface area contributed by atoms with Crippen LogP contribution in [0.1, 0.15) is 11.8 Å². The molecule has 0 spiro atoms. The van der Waals surface area contributed by atoms with Crippen molar-refractivity contribution in [3.63, 3.8) is 0 Å². The summed E-state index contributed by atoms with van der Waals surface area (Å²) in [6, 6.07) is 1.99. The van der Waals surface area contributed by atoms with Gasteiger partial charge in [-0.1, -0.05) is 18.5 Å². The summed E-state index contributed by atoms with van der Waals surface area (Å²) in [5.41, 5.74) is 0. The number of likely N-dealkylation sites (N-methyl/N-ethyl adjacent to an activating group) is 1. The van der Waals surface area contributed by atoms with E-state index < -0.39 is 0 Å². The second-order valence-electron chi connectivity index (χ2n) is 3.05. The van der Waals surface area contributed by atoms with E-state index >= 15 is 0 Å². The summed E-state index contributed by atoms with van der Waals surface area (Å²) in [7, 11) is 0. The summed E-state index contributed by atoms with van der Waals surface area (Å²) in [5.74, 6) is 0. The number of rotatable bonds is 7. The van der Waals surface area contributed by atoms with Gasteiger partial charge in [0.25, 0.3) is 0 Å². The van der Waals surface area contributed by atoms with E-state index in [4.69, 9.17) is 16.3 Å². The topological polar surface area (TPSA) is 21.3 Å². The highest BCUT2D eigenvalue weighted by molar-refractivity contribution is 9.11. The van der Waals surface area contributed by atoms with Crippen molar-refractivity contribution in [3.05, 3.63) is 19.8 Å². The Balaban J connectivity index is 2.10. The fourth-order valence-electron chi connectivity index (χ4n) is 1.11. The SMILES string of the molecule is CCNCCOCCc1cc(Cl)c(Br)s1. The Labute approximate surface area is 108 Å². The fourth-order valence-corrected chi connectivity index (χ4v) is 2.91. The summed E-state index contributed by atoms with van der Waals surface area (Å²) >= 11 is 11.0. The van der Waals surface area contributed by atoms with E-state index in [1.165, 1.54) is 4.88 Å². The van der Waals surface area contributed by atoms with E-state index in [0.29, 0.717) is 0 Å². The molecule has 1 rings (SSSR count). The summed E-state index contributed by atoms with van der Waals surface area (Å²) in [6.07, 6.45) is 0.933. The third-order valence-electron chi connectivity index (χ3n) is 1.86. The van der Waals surface area contributed by atoms with Crippen LogP contribution in [0.4, 0.5) is 0 Å². The number of halogens is 2. The van der Waals surface area contributed by atoms with Crippen LogP contribution in [0, 0.1) is 0 Å². The number of nitrogens with one attached hydrogen (secondary N) is 1. The molecule has 0 saturated carbocycles. The lowest BCUT2D eigenvalue weighted by Crippen LogP contribution is -2.19. The van der Waals surface area contributed by atoms with Crippen molar-refractivity contribution in [3.8, 4) is 0 Å². The molecule has 0 aromatic carbocycles. The maximum Gasteiger partial charge on any atom is 0.0887 e. The molecule has 86 valence electrons. The van der Waals surface area contributed by atoms with Gasteiger partial charge in [-0.2, -0.15) is 0 Å². The Morgan fingerprint density at radius 3 is 2.93 bits per heavy atom. The predicted octanol–water partition coefficient (Wildman–Crippen LogP) is 3.33. The van der Waals surface area contributed by atoms with Crippen molar-refractivity contribution in [2.45, 2.75) is 13.3 Å². The number of ether oxygens (including phenoxy) is 1. The number of thiophene rings is 1. The van der Waals surface area contributed by atoms with Crippen LogP contribution in [0.25, 0.3) is 0 Å². The van der Waals surface area contributed by atoms with Crippen LogP contribution in [0.5, 0.6) is 0 Å². The Morgan fingerprint density at radius 2 is 2.33 bits per heavy atom. The van der Waals surface area contributed by atoms with Crippen molar-refractivity contribution in [2.75, 3.05) is 26.3 Å². The van der Waals surface area contributed by atoms with Gasteiger partial charge in [-0.15, -0.1) is 11.3 Å². The van der Waals surface area contributed by atoms with Crippen molar-refractivity contribution in [1.82, 2.24) is 5.32 Å². The zero-order valence-electron chi connectivity index (χ0n) is 8.69. The maximum atomic E-state index is 5.92. The molecule has 1 N–H and O–H groups in total. The van der Waals surface area contributed by atoms with E-state index in [1.54, 1.807) is 11.3 Å². The van der Waals surface area contributed by atoms with Gasteiger partial charge in [0.05, 0.1) is 22.0 Å².